The largest absolute Gasteiger partial charge is 0.488 e. The molecule has 2 atom stereocenters. The number of hydrogen-bond acceptors (Lipinski definition) is 8. The predicted molar refractivity (Wildman–Crippen MR) is 180 cm³/mol. The number of pyridine rings is 2. The molecule has 0 saturated carbocycles. The van der Waals surface area contributed by atoms with Crippen LogP contribution in [0.1, 0.15) is 52.8 Å². The van der Waals surface area contributed by atoms with Crippen molar-refractivity contribution in [2.75, 3.05) is 23.7 Å². The number of aryl methyl sites for hydroxylation is 1. The van der Waals surface area contributed by atoms with Crippen LogP contribution in [0.15, 0.2) is 72.9 Å². The number of anilines is 3. The Kier molecular flexibility index (Phi) is 9.37. The summed E-state index contributed by atoms with van der Waals surface area (Å²) in [5.74, 6) is 1.82. The number of fused-ring (bicyclic) bond motifs is 1. The van der Waals surface area contributed by atoms with Gasteiger partial charge < -0.3 is 24.4 Å². The van der Waals surface area contributed by atoms with Gasteiger partial charge in [0.25, 0.3) is 0 Å². The first-order chi connectivity index (χ1) is 21.7. The molecule has 10 nitrogen and oxygen atoms in total. The SMILES string of the molecule is Cc1cc(C[C@@H]2CN(C(=O)OC(C)(C)C)C[C@@H]2Oc2cccc3cc(Nc4ccccn4)ccc23)nc(NC(=O)OC(C)(C)C)c1. The molecule has 4 aromatic rings. The topological polar surface area (TPSA) is 115 Å². The van der Waals surface area contributed by atoms with Gasteiger partial charge in [0.2, 0.25) is 0 Å². The molecule has 10 heteroatoms. The van der Waals surface area contributed by atoms with Gasteiger partial charge in [-0.05, 0) is 114 Å². The van der Waals surface area contributed by atoms with Crippen molar-refractivity contribution in [3.63, 3.8) is 0 Å². The smallest absolute Gasteiger partial charge is 0.413 e. The first-order valence-corrected chi connectivity index (χ1v) is 15.5. The number of rotatable bonds is 7. The van der Waals surface area contributed by atoms with Crippen LogP contribution >= 0.6 is 0 Å². The molecule has 0 unspecified atom stereocenters. The molecule has 3 heterocycles. The Hall–Kier alpha value is -4.86. The van der Waals surface area contributed by atoms with Crippen molar-refractivity contribution in [1.82, 2.24) is 14.9 Å². The van der Waals surface area contributed by atoms with Gasteiger partial charge >= 0.3 is 12.2 Å². The summed E-state index contributed by atoms with van der Waals surface area (Å²) in [6.45, 7) is 13.8. The third-order valence-electron chi connectivity index (χ3n) is 7.21. The second kappa shape index (κ2) is 13.2. The van der Waals surface area contributed by atoms with Gasteiger partial charge in [0, 0.05) is 35.4 Å². The fourth-order valence-corrected chi connectivity index (χ4v) is 5.41. The van der Waals surface area contributed by atoms with Gasteiger partial charge in [-0.25, -0.2) is 19.6 Å². The fourth-order valence-electron chi connectivity index (χ4n) is 5.41. The average molecular weight is 626 g/mol. The molecule has 1 fully saturated rings. The minimum Gasteiger partial charge on any atom is -0.488 e. The molecule has 242 valence electrons. The van der Waals surface area contributed by atoms with Crippen LogP contribution in [0.4, 0.5) is 26.9 Å². The lowest BCUT2D eigenvalue weighted by molar-refractivity contribution is 0.0274. The van der Waals surface area contributed by atoms with Crippen LogP contribution in [0.5, 0.6) is 5.75 Å². The molecule has 0 spiro atoms. The van der Waals surface area contributed by atoms with E-state index >= 15 is 0 Å². The zero-order valence-electron chi connectivity index (χ0n) is 27.6. The third-order valence-corrected chi connectivity index (χ3v) is 7.21. The fraction of sp³-hybridized carbons (Fsp3) is 0.389. The molecule has 2 aromatic carbocycles. The van der Waals surface area contributed by atoms with Gasteiger partial charge in [-0.15, -0.1) is 0 Å². The van der Waals surface area contributed by atoms with Gasteiger partial charge in [0.1, 0.15) is 34.7 Å². The molecular formula is C36H43N5O5. The van der Waals surface area contributed by atoms with Crippen molar-refractivity contribution in [1.29, 1.82) is 0 Å². The van der Waals surface area contributed by atoms with Gasteiger partial charge in [-0.3, -0.25) is 5.32 Å². The number of benzene rings is 2. The molecule has 2 aromatic heterocycles. The van der Waals surface area contributed by atoms with E-state index in [0.29, 0.717) is 25.3 Å². The predicted octanol–water partition coefficient (Wildman–Crippen LogP) is 7.89. The van der Waals surface area contributed by atoms with E-state index in [4.69, 9.17) is 19.2 Å². The molecule has 1 saturated heterocycles. The van der Waals surface area contributed by atoms with Crippen LogP contribution in [0.25, 0.3) is 10.8 Å². The highest BCUT2D eigenvalue weighted by Crippen LogP contribution is 2.33. The summed E-state index contributed by atoms with van der Waals surface area (Å²) in [4.78, 5) is 36.4. The normalized spacial score (nSPS) is 16.6. The lowest BCUT2D eigenvalue weighted by Crippen LogP contribution is -2.36. The van der Waals surface area contributed by atoms with Gasteiger partial charge in [0.05, 0.1) is 6.54 Å². The van der Waals surface area contributed by atoms with E-state index in [9.17, 15) is 9.59 Å². The van der Waals surface area contributed by atoms with Crippen molar-refractivity contribution in [3.8, 4) is 5.75 Å². The maximum atomic E-state index is 13.2. The van der Waals surface area contributed by atoms with E-state index in [2.05, 4.69) is 21.7 Å². The number of hydrogen-bond donors (Lipinski definition) is 2. The van der Waals surface area contributed by atoms with Crippen LogP contribution in [-0.4, -0.2) is 57.4 Å². The van der Waals surface area contributed by atoms with Crippen molar-refractivity contribution in [3.05, 3.63) is 84.2 Å². The first kappa shape index (κ1) is 32.5. The summed E-state index contributed by atoms with van der Waals surface area (Å²) in [7, 11) is 0. The van der Waals surface area contributed by atoms with Crippen LogP contribution < -0.4 is 15.4 Å². The summed E-state index contributed by atoms with van der Waals surface area (Å²) in [5.41, 5.74) is 1.38. The van der Waals surface area contributed by atoms with Gasteiger partial charge in [-0.1, -0.05) is 18.2 Å². The lowest BCUT2D eigenvalue weighted by Gasteiger charge is -2.24. The van der Waals surface area contributed by atoms with Gasteiger partial charge in [0.15, 0.2) is 0 Å². The number of carbonyl (C=O) groups is 2. The van der Waals surface area contributed by atoms with E-state index in [1.165, 1.54) is 0 Å². The van der Waals surface area contributed by atoms with Crippen LogP contribution in [0.2, 0.25) is 0 Å². The monoisotopic (exact) mass is 625 g/mol. The molecule has 46 heavy (non-hydrogen) atoms. The molecule has 5 rings (SSSR count). The third kappa shape index (κ3) is 8.87. The zero-order valence-corrected chi connectivity index (χ0v) is 27.6. The highest BCUT2D eigenvalue weighted by Gasteiger charge is 2.39. The Morgan fingerprint density at radius 1 is 0.891 bits per heavy atom. The Labute approximate surface area is 270 Å². The molecule has 1 aliphatic rings. The average Bonchev–Trinajstić information content (AvgIpc) is 3.33. The standard InChI is InChI=1S/C36H43N5O5/c1-23-17-27(39-32(18-23)40-33(42)45-35(2,3)4)20-25-21-41(34(43)46-36(5,6)7)22-30(25)44-29-12-10-11-24-19-26(14-15-28(24)29)38-31-13-8-9-16-37-31/h8-19,25,30H,20-22H2,1-7H3,(H,37,38)(H,39,40,42)/t25-,30+/m1/s1. The Balaban J connectivity index is 1.38. The van der Waals surface area contributed by atoms with Crippen molar-refractivity contribution >= 4 is 40.3 Å². The van der Waals surface area contributed by atoms with E-state index in [1.54, 1.807) is 17.2 Å². The number of nitrogens with zero attached hydrogens (tertiary/aromatic N) is 3. The minimum absolute atomic E-state index is 0.0865. The Bertz CT molecular complexity index is 1700. The summed E-state index contributed by atoms with van der Waals surface area (Å²) < 4.78 is 17.9. The zero-order chi connectivity index (χ0) is 33.1. The maximum absolute atomic E-state index is 13.2. The highest BCUT2D eigenvalue weighted by molar-refractivity contribution is 5.91. The number of aromatic nitrogens is 2. The number of ether oxygens (including phenoxy) is 3. The molecule has 0 aliphatic carbocycles. The summed E-state index contributed by atoms with van der Waals surface area (Å²) in [6, 6.07) is 21.6. The molecule has 2 N–H and O–H groups in total. The van der Waals surface area contributed by atoms with Crippen molar-refractivity contribution in [2.45, 2.75) is 72.2 Å². The second-order valence-electron chi connectivity index (χ2n) is 13.7. The summed E-state index contributed by atoms with van der Waals surface area (Å²) in [5, 5.41) is 8.06. The number of carbonyl (C=O) groups excluding carboxylic acids is 2. The van der Waals surface area contributed by atoms with Crippen molar-refractivity contribution in [2.24, 2.45) is 5.92 Å². The number of likely N-dealkylation sites (tertiary alicyclic amines) is 1. The first-order valence-electron chi connectivity index (χ1n) is 15.5. The number of nitrogens with one attached hydrogen (secondary N) is 2. The number of amides is 2. The second-order valence-corrected chi connectivity index (χ2v) is 13.7. The molecule has 2 amide bonds. The van der Waals surface area contributed by atoms with Crippen LogP contribution in [0.3, 0.4) is 0 Å². The highest BCUT2D eigenvalue weighted by atomic mass is 16.6. The Morgan fingerprint density at radius 3 is 2.39 bits per heavy atom. The van der Waals surface area contributed by atoms with E-state index in [0.717, 1.165) is 39.3 Å². The lowest BCUT2D eigenvalue weighted by atomic mass is 9.98. The molecule has 0 radical (unpaired) electrons. The molecule has 0 bridgehead atoms. The summed E-state index contributed by atoms with van der Waals surface area (Å²) >= 11 is 0. The van der Waals surface area contributed by atoms with Gasteiger partial charge in [-0.2, -0.15) is 0 Å². The molecule has 1 aliphatic heterocycles. The minimum atomic E-state index is -0.630. The summed E-state index contributed by atoms with van der Waals surface area (Å²) in [6.07, 6.45) is 1.00. The van der Waals surface area contributed by atoms with Crippen molar-refractivity contribution < 1.29 is 23.8 Å². The Morgan fingerprint density at radius 2 is 1.67 bits per heavy atom. The quantitative estimate of drug-likeness (QED) is 0.213. The van der Waals surface area contributed by atoms with E-state index in [-0.39, 0.29) is 18.1 Å². The van der Waals surface area contributed by atoms with Crippen LogP contribution in [0, 0.1) is 12.8 Å². The van der Waals surface area contributed by atoms with Crippen LogP contribution in [-0.2, 0) is 15.9 Å². The van der Waals surface area contributed by atoms with E-state index < -0.39 is 17.3 Å². The maximum Gasteiger partial charge on any atom is 0.413 e. The molecular weight excluding hydrogens is 582 g/mol. The van der Waals surface area contributed by atoms with E-state index in [1.807, 2.05) is 103 Å².